The number of esters is 1. The summed E-state index contributed by atoms with van der Waals surface area (Å²) in [7, 11) is 0. The van der Waals surface area contributed by atoms with Crippen LogP contribution in [0.2, 0.25) is 0 Å². The molecule has 9 heteroatoms. The SMILES string of the molecule is CCOC(=O)C1CCCN(C(=O)CSc2nc3ccccc3c(=O)n2CCCOC(C)C)C1. The van der Waals surface area contributed by atoms with Crippen LogP contribution in [0.15, 0.2) is 34.2 Å². The summed E-state index contributed by atoms with van der Waals surface area (Å²) in [6.07, 6.45) is 2.31. The highest BCUT2D eigenvalue weighted by Gasteiger charge is 2.29. The maximum atomic E-state index is 13.1. The quantitative estimate of drug-likeness (QED) is 0.226. The summed E-state index contributed by atoms with van der Waals surface area (Å²) in [5, 5.41) is 1.09. The zero-order valence-electron chi connectivity index (χ0n) is 19.6. The number of piperidine rings is 1. The molecule has 1 unspecified atom stereocenters. The molecular weight excluding hydrogens is 442 g/mol. The minimum atomic E-state index is -0.273. The van der Waals surface area contributed by atoms with E-state index in [1.807, 2.05) is 32.0 Å². The van der Waals surface area contributed by atoms with Gasteiger partial charge in [0.05, 0.1) is 35.3 Å². The molecular formula is C24H33N3O5S. The minimum absolute atomic E-state index is 0.0638. The average molecular weight is 476 g/mol. The molecule has 0 N–H and O–H groups in total. The fourth-order valence-electron chi connectivity index (χ4n) is 3.87. The molecule has 3 rings (SSSR count). The van der Waals surface area contributed by atoms with E-state index in [9.17, 15) is 14.4 Å². The molecule has 0 spiro atoms. The van der Waals surface area contributed by atoms with Gasteiger partial charge in [0.1, 0.15) is 0 Å². The van der Waals surface area contributed by atoms with Crippen LogP contribution < -0.4 is 5.56 Å². The van der Waals surface area contributed by atoms with E-state index in [0.29, 0.717) is 55.3 Å². The molecule has 0 saturated carbocycles. The van der Waals surface area contributed by atoms with Gasteiger partial charge in [0.15, 0.2) is 5.16 Å². The van der Waals surface area contributed by atoms with Crippen molar-refractivity contribution < 1.29 is 19.1 Å². The number of hydrogen-bond donors (Lipinski definition) is 0. The van der Waals surface area contributed by atoms with Gasteiger partial charge in [0, 0.05) is 26.2 Å². The third-order valence-electron chi connectivity index (χ3n) is 5.52. The third kappa shape index (κ3) is 6.80. The number of carbonyl (C=O) groups excluding carboxylic acids is 2. The fraction of sp³-hybridized carbons (Fsp3) is 0.583. The lowest BCUT2D eigenvalue weighted by molar-refractivity contribution is -0.151. The first-order chi connectivity index (χ1) is 15.9. The molecule has 0 bridgehead atoms. The smallest absolute Gasteiger partial charge is 0.310 e. The summed E-state index contributed by atoms with van der Waals surface area (Å²) in [5.41, 5.74) is 0.507. The van der Waals surface area contributed by atoms with E-state index in [4.69, 9.17) is 9.47 Å². The highest BCUT2D eigenvalue weighted by molar-refractivity contribution is 7.99. The van der Waals surface area contributed by atoms with Crippen molar-refractivity contribution in [2.24, 2.45) is 5.92 Å². The number of ether oxygens (including phenoxy) is 2. The van der Waals surface area contributed by atoms with Crippen LogP contribution in [0, 0.1) is 5.92 Å². The number of para-hydroxylation sites is 1. The lowest BCUT2D eigenvalue weighted by Crippen LogP contribution is -2.43. The van der Waals surface area contributed by atoms with Crippen LogP contribution in [0.1, 0.15) is 40.0 Å². The molecule has 8 nitrogen and oxygen atoms in total. The number of hydrogen-bond acceptors (Lipinski definition) is 7. The minimum Gasteiger partial charge on any atom is -0.466 e. The summed E-state index contributed by atoms with van der Waals surface area (Å²) in [4.78, 5) is 44.5. The fourth-order valence-corrected chi connectivity index (χ4v) is 4.80. The number of aromatic nitrogens is 2. The van der Waals surface area contributed by atoms with E-state index in [1.165, 1.54) is 11.8 Å². The normalized spacial score (nSPS) is 16.4. The number of amides is 1. The van der Waals surface area contributed by atoms with E-state index in [-0.39, 0.29) is 35.2 Å². The van der Waals surface area contributed by atoms with Crippen molar-refractivity contribution in [2.75, 3.05) is 32.1 Å². The van der Waals surface area contributed by atoms with Gasteiger partial charge in [0.25, 0.3) is 5.56 Å². The van der Waals surface area contributed by atoms with Crippen LogP contribution in [0.5, 0.6) is 0 Å². The average Bonchev–Trinajstić information content (AvgIpc) is 2.81. The Labute approximate surface area is 198 Å². The number of benzene rings is 1. The maximum Gasteiger partial charge on any atom is 0.310 e. The standard InChI is InChI=1S/C24H33N3O5S/c1-4-31-23(30)18-9-7-12-26(15-18)21(28)16-33-24-25-20-11-6-5-10-19(20)22(29)27(24)13-8-14-32-17(2)3/h5-6,10-11,17-18H,4,7-9,12-16H2,1-3H3. The Morgan fingerprint density at radius 1 is 1.27 bits per heavy atom. The van der Waals surface area contributed by atoms with Crippen molar-refractivity contribution in [1.82, 2.24) is 14.5 Å². The van der Waals surface area contributed by atoms with Gasteiger partial charge in [-0.1, -0.05) is 23.9 Å². The molecule has 1 fully saturated rings. The van der Waals surface area contributed by atoms with E-state index in [2.05, 4.69) is 4.98 Å². The van der Waals surface area contributed by atoms with Gasteiger partial charge in [-0.2, -0.15) is 0 Å². The molecule has 0 radical (unpaired) electrons. The van der Waals surface area contributed by atoms with Crippen molar-refractivity contribution in [1.29, 1.82) is 0 Å². The summed E-state index contributed by atoms with van der Waals surface area (Å²) < 4.78 is 12.4. The monoisotopic (exact) mass is 475 g/mol. The summed E-state index contributed by atoms with van der Waals surface area (Å²) in [6, 6.07) is 7.25. The van der Waals surface area contributed by atoms with Crippen molar-refractivity contribution in [2.45, 2.75) is 57.8 Å². The Balaban J connectivity index is 1.71. The molecule has 0 aliphatic carbocycles. The Hall–Kier alpha value is -2.39. The molecule has 1 aliphatic heterocycles. The predicted molar refractivity (Wildman–Crippen MR) is 128 cm³/mol. The molecule has 1 aliphatic rings. The Morgan fingerprint density at radius 2 is 2.06 bits per heavy atom. The predicted octanol–water partition coefficient (Wildman–Crippen LogP) is 3.11. The zero-order valence-corrected chi connectivity index (χ0v) is 20.4. The van der Waals surface area contributed by atoms with Crippen molar-refractivity contribution >= 4 is 34.5 Å². The largest absolute Gasteiger partial charge is 0.466 e. The first-order valence-corrected chi connectivity index (χ1v) is 12.6. The first kappa shape index (κ1) is 25.2. The summed E-state index contributed by atoms with van der Waals surface area (Å²) in [6.45, 7) is 8.09. The second kappa shape index (κ2) is 12.2. The number of fused-ring (bicyclic) bond motifs is 1. The molecule has 2 heterocycles. The van der Waals surface area contributed by atoms with Crippen molar-refractivity contribution in [3.05, 3.63) is 34.6 Å². The van der Waals surface area contributed by atoms with Crippen LogP contribution in [-0.2, 0) is 25.6 Å². The summed E-state index contributed by atoms with van der Waals surface area (Å²) >= 11 is 1.27. The van der Waals surface area contributed by atoms with Gasteiger partial charge in [-0.05, 0) is 52.2 Å². The highest BCUT2D eigenvalue weighted by atomic mass is 32.2. The first-order valence-electron chi connectivity index (χ1n) is 11.6. The number of carbonyl (C=O) groups is 2. The van der Waals surface area contributed by atoms with Gasteiger partial charge in [-0.3, -0.25) is 19.0 Å². The molecule has 1 saturated heterocycles. The third-order valence-corrected chi connectivity index (χ3v) is 6.48. The van der Waals surface area contributed by atoms with Crippen LogP contribution >= 0.6 is 11.8 Å². The Kier molecular flexibility index (Phi) is 9.31. The second-order valence-electron chi connectivity index (χ2n) is 8.36. The van der Waals surface area contributed by atoms with E-state index < -0.39 is 0 Å². The Morgan fingerprint density at radius 3 is 2.82 bits per heavy atom. The lowest BCUT2D eigenvalue weighted by Gasteiger charge is -2.31. The van der Waals surface area contributed by atoms with Gasteiger partial charge in [-0.25, -0.2) is 4.98 Å². The Bertz CT molecular complexity index is 1020. The van der Waals surface area contributed by atoms with Crippen LogP contribution in [0.25, 0.3) is 10.9 Å². The summed E-state index contributed by atoms with van der Waals surface area (Å²) in [5.74, 6) is -0.420. The topological polar surface area (TPSA) is 90.7 Å². The number of thioether (sulfide) groups is 1. The number of nitrogens with zero attached hydrogens (tertiary/aromatic N) is 3. The van der Waals surface area contributed by atoms with Crippen LogP contribution in [0.4, 0.5) is 0 Å². The van der Waals surface area contributed by atoms with Gasteiger partial charge >= 0.3 is 5.97 Å². The molecule has 2 aromatic rings. The van der Waals surface area contributed by atoms with E-state index >= 15 is 0 Å². The van der Waals surface area contributed by atoms with Crippen molar-refractivity contribution in [3.63, 3.8) is 0 Å². The molecule has 1 aromatic carbocycles. The molecule has 180 valence electrons. The number of likely N-dealkylation sites (tertiary alicyclic amines) is 1. The zero-order chi connectivity index (χ0) is 23.8. The maximum absolute atomic E-state index is 13.1. The molecule has 1 atom stereocenters. The van der Waals surface area contributed by atoms with Gasteiger partial charge in [0.2, 0.25) is 5.91 Å². The van der Waals surface area contributed by atoms with Crippen LogP contribution in [0.3, 0.4) is 0 Å². The van der Waals surface area contributed by atoms with E-state index in [1.54, 1.807) is 22.5 Å². The molecule has 1 aromatic heterocycles. The molecule has 33 heavy (non-hydrogen) atoms. The van der Waals surface area contributed by atoms with Gasteiger partial charge < -0.3 is 14.4 Å². The molecule has 1 amide bonds. The van der Waals surface area contributed by atoms with Gasteiger partial charge in [-0.15, -0.1) is 0 Å². The lowest BCUT2D eigenvalue weighted by atomic mass is 9.98. The van der Waals surface area contributed by atoms with Crippen molar-refractivity contribution in [3.8, 4) is 0 Å². The highest BCUT2D eigenvalue weighted by Crippen LogP contribution is 2.22. The van der Waals surface area contributed by atoms with Crippen LogP contribution in [-0.4, -0.2) is 64.5 Å². The second-order valence-corrected chi connectivity index (χ2v) is 9.30. The van der Waals surface area contributed by atoms with E-state index in [0.717, 1.165) is 12.8 Å². The number of rotatable bonds is 10.